The monoisotopic (exact) mass is 316 g/mol. The Morgan fingerprint density at radius 1 is 1.35 bits per heavy atom. The number of aryl methyl sites for hydroxylation is 1. The largest absolute Gasteiger partial charge is 0.479 e. The molecule has 0 unspecified atom stereocenters. The summed E-state index contributed by atoms with van der Waals surface area (Å²) in [6.45, 7) is 0. The van der Waals surface area contributed by atoms with Crippen LogP contribution in [0.5, 0.6) is 0 Å². The van der Waals surface area contributed by atoms with Crippen LogP contribution in [0.2, 0.25) is 0 Å². The van der Waals surface area contributed by atoms with E-state index in [9.17, 15) is 9.59 Å². The molecule has 0 radical (unpaired) electrons. The summed E-state index contributed by atoms with van der Waals surface area (Å²) in [5.74, 6) is -0.824. The number of rotatable bonds is 4. The Kier molecular flexibility index (Phi) is 4.07. The average molecular weight is 316 g/mol. The number of ether oxygens (including phenoxy) is 1. The van der Waals surface area contributed by atoms with Gasteiger partial charge in [-0.3, -0.25) is 9.48 Å². The summed E-state index contributed by atoms with van der Waals surface area (Å²) in [6, 6.07) is 7.14. The number of hydrogen-bond donors (Lipinski definition) is 2. The molecule has 3 rings (SSSR count). The predicted molar refractivity (Wildman–Crippen MR) is 80.6 cm³/mol. The molecule has 0 bridgehead atoms. The smallest absolute Gasteiger partial charge is 0.332 e. The van der Waals surface area contributed by atoms with E-state index in [0.29, 0.717) is 24.4 Å². The second-order valence-electron chi connectivity index (χ2n) is 5.34. The molecule has 1 fully saturated rings. The van der Waals surface area contributed by atoms with Crippen molar-refractivity contribution < 1.29 is 19.4 Å². The maximum absolute atomic E-state index is 12.2. The molecular weight excluding hydrogens is 300 g/mol. The Labute approximate surface area is 132 Å². The van der Waals surface area contributed by atoms with Gasteiger partial charge in [0.15, 0.2) is 11.9 Å². The van der Waals surface area contributed by atoms with Gasteiger partial charge in [0.25, 0.3) is 5.91 Å². The molecule has 2 atom stereocenters. The minimum Gasteiger partial charge on any atom is -0.479 e. The first-order valence-electron chi connectivity index (χ1n) is 7.18. The van der Waals surface area contributed by atoms with Crippen molar-refractivity contribution in [3.63, 3.8) is 0 Å². The molecule has 1 aromatic heterocycles. The number of carboxylic acid groups (broad SMARTS) is 1. The van der Waals surface area contributed by atoms with E-state index in [-0.39, 0.29) is 5.91 Å². The molecule has 23 heavy (non-hydrogen) atoms. The minimum atomic E-state index is -1.04. The highest BCUT2D eigenvalue weighted by Gasteiger charge is 2.34. The summed E-state index contributed by atoms with van der Waals surface area (Å²) in [4.78, 5) is 27.2. The second-order valence-corrected chi connectivity index (χ2v) is 5.34. The number of carbonyl (C=O) groups excluding carboxylic acids is 1. The number of nitrogens with one attached hydrogen (secondary N) is 1. The molecule has 1 aliphatic heterocycles. The lowest BCUT2D eigenvalue weighted by atomic mass is 10.1. The highest BCUT2D eigenvalue weighted by Crippen LogP contribution is 2.23. The van der Waals surface area contributed by atoms with Crippen molar-refractivity contribution in [2.75, 3.05) is 5.32 Å². The Morgan fingerprint density at radius 2 is 2.13 bits per heavy atom. The lowest BCUT2D eigenvalue weighted by molar-refractivity contribution is -0.150. The predicted octanol–water partition coefficient (Wildman–Crippen LogP) is 1.05. The summed E-state index contributed by atoms with van der Waals surface area (Å²) in [5, 5.41) is 15.8. The van der Waals surface area contributed by atoms with Crippen molar-refractivity contribution in [3.8, 4) is 11.4 Å². The Morgan fingerprint density at radius 3 is 2.78 bits per heavy atom. The van der Waals surface area contributed by atoms with E-state index in [2.05, 4.69) is 15.4 Å². The minimum absolute atomic E-state index is 0.339. The third-order valence-electron chi connectivity index (χ3n) is 3.58. The van der Waals surface area contributed by atoms with E-state index < -0.39 is 18.2 Å². The molecule has 2 heterocycles. The first-order valence-corrected chi connectivity index (χ1v) is 7.18. The van der Waals surface area contributed by atoms with Crippen LogP contribution in [0, 0.1) is 0 Å². The molecule has 120 valence electrons. The van der Waals surface area contributed by atoms with E-state index in [1.54, 1.807) is 36.3 Å². The van der Waals surface area contributed by atoms with Crippen LogP contribution in [-0.2, 0) is 21.4 Å². The molecule has 2 aromatic rings. The lowest BCUT2D eigenvalue weighted by Gasteiger charge is -2.12. The SMILES string of the molecule is Cn1cnc(-c2cccc(NC(=O)[C@@H]3CC[C@H](C(=O)O)O3)c2)n1. The molecule has 2 N–H and O–H groups in total. The normalized spacial score (nSPS) is 20.4. The molecule has 0 spiro atoms. The van der Waals surface area contributed by atoms with Gasteiger partial charge in [-0.15, -0.1) is 0 Å². The van der Waals surface area contributed by atoms with Crippen molar-refractivity contribution >= 4 is 17.6 Å². The van der Waals surface area contributed by atoms with Gasteiger partial charge in [0, 0.05) is 18.3 Å². The standard InChI is InChI=1S/C15H16N4O4/c1-19-8-16-13(18-19)9-3-2-4-10(7-9)17-14(20)11-5-6-12(23-11)15(21)22/h2-4,7-8,11-12H,5-6H2,1H3,(H,17,20)(H,21,22)/t11-,12+/m0/s1. The van der Waals surface area contributed by atoms with E-state index in [0.717, 1.165) is 5.56 Å². The van der Waals surface area contributed by atoms with Crippen LogP contribution in [0.3, 0.4) is 0 Å². The van der Waals surface area contributed by atoms with Crippen molar-refractivity contribution in [2.24, 2.45) is 7.05 Å². The fourth-order valence-corrected chi connectivity index (χ4v) is 2.44. The number of carboxylic acids is 1. The van der Waals surface area contributed by atoms with Gasteiger partial charge in [-0.1, -0.05) is 12.1 Å². The number of hydrogen-bond acceptors (Lipinski definition) is 5. The van der Waals surface area contributed by atoms with E-state index in [4.69, 9.17) is 9.84 Å². The quantitative estimate of drug-likeness (QED) is 0.873. The zero-order valence-corrected chi connectivity index (χ0v) is 12.5. The van der Waals surface area contributed by atoms with Crippen LogP contribution in [0.4, 0.5) is 5.69 Å². The summed E-state index contributed by atoms with van der Waals surface area (Å²) >= 11 is 0. The zero-order chi connectivity index (χ0) is 16.4. The summed E-state index contributed by atoms with van der Waals surface area (Å²) in [6.07, 6.45) is 0.678. The van der Waals surface area contributed by atoms with Gasteiger partial charge in [0.2, 0.25) is 0 Å². The van der Waals surface area contributed by atoms with E-state index in [1.807, 2.05) is 6.07 Å². The first kappa shape index (κ1) is 15.2. The number of carbonyl (C=O) groups is 2. The van der Waals surface area contributed by atoms with E-state index >= 15 is 0 Å². The Bertz CT molecular complexity index is 743. The molecule has 8 heteroatoms. The molecule has 0 saturated carbocycles. The lowest BCUT2D eigenvalue weighted by Crippen LogP contribution is -2.29. The van der Waals surface area contributed by atoms with Gasteiger partial charge in [0.05, 0.1) is 0 Å². The summed E-state index contributed by atoms with van der Waals surface area (Å²) < 4.78 is 6.83. The Hall–Kier alpha value is -2.74. The third kappa shape index (κ3) is 3.37. The molecule has 1 saturated heterocycles. The van der Waals surface area contributed by atoms with Gasteiger partial charge in [-0.25, -0.2) is 9.78 Å². The average Bonchev–Trinajstić information content (AvgIpc) is 3.16. The summed E-state index contributed by atoms with van der Waals surface area (Å²) in [7, 11) is 1.78. The van der Waals surface area contributed by atoms with Crippen LogP contribution in [-0.4, -0.2) is 44.0 Å². The van der Waals surface area contributed by atoms with Crippen molar-refractivity contribution in [3.05, 3.63) is 30.6 Å². The van der Waals surface area contributed by atoms with Gasteiger partial charge in [-0.2, -0.15) is 5.10 Å². The van der Waals surface area contributed by atoms with Crippen LogP contribution in [0.15, 0.2) is 30.6 Å². The highest BCUT2D eigenvalue weighted by molar-refractivity contribution is 5.95. The number of aliphatic carboxylic acids is 1. The fourth-order valence-electron chi connectivity index (χ4n) is 2.44. The van der Waals surface area contributed by atoms with Gasteiger partial charge >= 0.3 is 5.97 Å². The van der Waals surface area contributed by atoms with Gasteiger partial charge in [-0.05, 0) is 25.0 Å². The number of anilines is 1. The van der Waals surface area contributed by atoms with Crippen molar-refractivity contribution in [1.29, 1.82) is 0 Å². The van der Waals surface area contributed by atoms with E-state index in [1.165, 1.54) is 0 Å². The van der Waals surface area contributed by atoms with Crippen molar-refractivity contribution in [1.82, 2.24) is 14.8 Å². The molecule has 0 aliphatic carbocycles. The topological polar surface area (TPSA) is 106 Å². The van der Waals surface area contributed by atoms with Gasteiger partial charge in [0.1, 0.15) is 12.4 Å². The zero-order valence-electron chi connectivity index (χ0n) is 12.5. The molecule has 1 aliphatic rings. The van der Waals surface area contributed by atoms with Gasteiger partial charge < -0.3 is 15.2 Å². The number of amides is 1. The summed E-state index contributed by atoms with van der Waals surface area (Å²) in [5.41, 5.74) is 1.36. The van der Waals surface area contributed by atoms with Crippen molar-refractivity contribution in [2.45, 2.75) is 25.0 Å². The van der Waals surface area contributed by atoms with Crippen LogP contribution in [0.1, 0.15) is 12.8 Å². The fraction of sp³-hybridized carbons (Fsp3) is 0.333. The van der Waals surface area contributed by atoms with Crippen LogP contribution in [0.25, 0.3) is 11.4 Å². The highest BCUT2D eigenvalue weighted by atomic mass is 16.5. The number of benzene rings is 1. The van der Waals surface area contributed by atoms with Crippen LogP contribution < -0.4 is 5.32 Å². The number of aromatic nitrogens is 3. The molecule has 8 nitrogen and oxygen atoms in total. The second kappa shape index (κ2) is 6.17. The molecular formula is C15H16N4O4. The first-order chi connectivity index (χ1) is 11.0. The molecule has 1 aromatic carbocycles. The molecule has 1 amide bonds. The Balaban J connectivity index is 1.69. The maximum Gasteiger partial charge on any atom is 0.332 e. The number of nitrogens with zero attached hydrogens (tertiary/aromatic N) is 3. The maximum atomic E-state index is 12.2. The van der Waals surface area contributed by atoms with Crippen LogP contribution >= 0.6 is 0 Å². The third-order valence-corrected chi connectivity index (χ3v) is 3.58.